The first kappa shape index (κ1) is 6.59. The van der Waals surface area contributed by atoms with Gasteiger partial charge < -0.3 is 5.32 Å². The Kier molecular flexibility index (Phi) is 3.09. The summed E-state index contributed by atoms with van der Waals surface area (Å²) in [5.41, 5.74) is -0.248. The molecular formula is C11H16ClNO. The van der Waals surface area contributed by atoms with E-state index in [-0.39, 0.29) is 18.0 Å². The van der Waals surface area contributed by atoms with Crippen molar-refractivity contribution in [3.8, 4) is 0 Å². The summed E-state index contributed by atoms with van der Waals surface area (Å²) in [6.07, 6.45) is 0.484. The predicted octanol–water partition coefficient (Wildman–Crippen LogP) is 2.29. The van der Waals surface area contributed by atoms with E-state index in [0.29, 0.717) is 6.42 Å². The highest BCUT2D eigenvalue weighted by Gasteiger charge is 2.14. The molecule has 0 saturated heterocycles. The minimum atomic E-state index is -0.548. The van der Waals surface area contributed by atoms with Gasteiger partial charge in [0.15, 0.2) is 5.78 Å². The van der Waals surface area contributed by atoms with Gasteiger partial charge in [0, 0.05) is 5.56 Å². The quantitative estimate of drug-likeness (QED) is 0.786. The molecule has 0 saturated carbocycles. The first-order valence-corrected chi connectivity index (χ1v) is 4.15. The first-order chi connectivity index (χ1) is 8.36. The minimum absolute atomic E-state index is 0. The lowest BCUT2D eigenvalue weighted by atomic mass is 10.0. The lowest BCUT2D eigenvalue weighted by Crippen LogP contribution is -2.33. The Morgan fingerprint density at radius 2 is 2.07 bits per heavy atom. The third-order valence-corrected chi connectivity index (χ3v) is 1.82. The van der Waals surface area contributed by atoms with Crippen LogP contribution in [0.4, 0.5) is 0 Å². The number of benzene rings is 1. The number of carbonyl (C=O) groups is 1. The Hall–Kier alpha value is -0.860. The van der Waals surface area contributed by atoms with Crippen molar-refractivity contribution in [1.29, 1.82) is 0 Å². The fourth-order valence-electron chi connectivity index (χ4n) is 1.07. The Labute approximate surface area is 98.1 Å². The molecule has 0 radical (unpaired) electrons. The molecule has 1 N–H and O–H groups in total. The number of likely N-dealkylation sites (N-methyl/N-ethyl adjacent to an activating group) is 1. The fraction of sp³-hybridized carbons (Fsp3) is 0.364. The van der Waals surface area contributed by atoms with Gasteiger partial charge in [-0.15, -0.1) is 12.4 Å². The zero-order valence-corrected chi connectivity index (χ0v) is 8.92. The average Bonchev–Trinajstić information content (AvgIpc) is 2.36. The van der Waals surface area contributed by atoms with E-state index in [2.05, 4.69) is 5.32 Å². The van der Waals surface area contributed by atoms with Crippen molar-refractivity contribution in [2.24, 2.45) is 0 Å². The second-order valence-corrected chi connectivity index (χ2v) is 2.61. The van der Waals surface area contributed by atoms with Crippen molar-refractivity contribution in [3.63, 3.8) is 0 Å². The van der Waals surface area contributed by atoms with Gasteiger partial charge in [0.25, 0.3) is 0 Å². The Morgan fingerprint density at radius 3 is 2.50 bits per heavy atom. The van der Waals surface area contributed by atoms with Crippen LogP contribution in [0.5, 0.6) is 0 Å². The summed E-state index contributed by atoms with van der Waals surface area (Å²) in [5.74, 6) is -0.475. The van der Waals surface area contributed by atoms with Crippen LogP contribution in [0.3, 0.4) is 0 Å². The number of halogens is 1. The average molecular weight is 219 g/mol. The molecule has 0 aliphatic carbocycles. The van der Waals surface area contributed by atoms with E-state index in [1.807, 2.05) is 0 Å². The van der Waals surface area contributed by atoms with Gasteiger partial charge in [-0.05, 0) is 13.5 Å². The molecule has 1 aromatic carbocycles. The Morgan fingerprint density at radius 1 is 1.50 bits per heavy atom. The summed E-state index contributed by atoms with van der Waals surface area (Å²) in [5, 5.41) is 2.77. The molecule has 78 valence electrons. The summed E-state index contributed by atoms with van der Waals surface area (Å²) in [4.78, 5) is 12.1. The summed E-state index contributed by atoms with van der Waals surface area (Å²) >= 11 is 0. The maximum atomic E-state index is 12.1. The van der Waals surface area contributed by atoms with E-state index < -0.39 is 42.0 Å². The molecule has 14 heavy (non-hydrogen) atoms. The van der Waals surface area contributed by atoms with E-state index in [0.717, 1.165) is 0 Å². The van der Waals surface area contributed by atoms with E-state index in [1.54, 1.807) is 14.0 Å². The van der Waals surface area contributed by atoms with Gasteiger partial charge >= 0.3 is 0 Å². The molecule has 1 aromatic rings. The zero-order valence-electron chi connectivity index (χ0n) is 13.1. The number of carbonyl (C=O) groups excluding carboxylic acids is 1. The zero-order chi connectivity index (χ0) is 14.0. The van der Waals surface area contributed by atoms with Gasteiger partial charge in [-0.3, -0.25) is 4.79 Å². The lowest BCUT2D eigenvalue weighted by molar-refractivity contribution is 0.0945. The molecule has 1 atom stereocenters. The summed E-state index contributed by atoms with van der Waals surface area (Å²) < 4.78 is 37.8. The monoisotopic (exact) mass is 218 g/mol. The standard InChI is InChI=1S/C11H15NO.ClH/c1-3-10(12-2)11(13)9-7-5-4-6-8-9;/h4-8,10,12H,3H2,1-2H3;1H/i4D,5D,6D,7D,8D;. The van der Waals surface area contributed by atoms with Crippen LogP contribution >= 0.6 is 12.4 Å². The molecule has 0 aliphatic rings. The predicted molar refractivity (Wildman–Crippen MR) is 61.2 cm³/mol. The number of hydrogen-bond acceptors (Lipinski definition) is 2. The summed E-state index contributed by atoms with van der Waals surface area (Å²) in [6.45, 7) is 1.79. The highest BCUT2D eigenvalue weighted by molar-refractivity contribution is 5.99. The Bertz CT molecular complexity index is 461. The van der Waals surface area contributed by atoms with Gasteiger partial charge in [-0.25, -0.2) is 0 Å². The van der Waals surface area contributed by atoms with Crippen molar-refractivity contribution in [3.05, 3.63) is 35.8 Å². The van der Waals surface area contributed by atoms with Gasteiger partial charge in [0.1, 0.15) is 0 Å². The lowest BCUT2D eigenvalue weighted by Gasteiger charge is -2.11. The molecule has 0 aliphatic heterocycles. The van der Waals surface area contributed by atoms with Gasteiger partial charge in [0.05, 0.1) is 12.9 Å². The van der Waals surface area contributed by atoms with Crippen LogP contribution in [0.1, 0.15) is 30.6 Å². The molecular weight excluding hydrogens is 198 g/mol. The van der Waals surface area contributed by atoms with Crippen molar-refractivity contribution in [1.82, 2.24) is 5.32 Å². The molecule has 1 rings (SSSR count). The van der Waals surface area contributed by atoms with Crippen LogP contribution in [0, 0.1) is 0 Å². The third kappa shape index (κ3) is 3.13. The normalized spacial score (nSPS) is 16.6. The first-order valence-electron chi connectivity index (χ1n) is 6.65. The molecule has 1 unspecified atom stereocenters. The number of ketones is 1. The van der Waals surface area contributed by atoms with Crippen molar-refractivity contribution in [2.75, 3.05) is 7.05 Å². The maximum absolute atomic E-state index is 12.1. The smallest absolute Gasteiger partial charge is 0.179 e. The van der Waals surface area contributed by atoms with Crippen molar-refractivity contribution < 1.29 is 11.6 Å². The second kappa shape index (κ2) is 6.57. The SMILES string of the molecule is Cl.[2H]c1c([2H])c([2H])c(C(=O)C(CC)NC)c([2H])c1[2H]. The molecule has 0 amide bonds. The van der Waals surface area contributed by atoms with Gasteiger partial charge in [-0.1, -0.05) is 37.1 Å². The second-order valence-electron chi connectivity index (χ2n) is 2.61. The topological polar surface area (TPSA) is 29.1 Å². The van der Waals surface area contributed by atoms with Crippen molar-refractivity contribution in [2.45, 2.75) is 19.4 Å². The number of rotatable bonds is 4. The third-order valence-electron chi connectivity index (χ3n) is 1.82. The Balaban J connectivity index is 0.00000324. The van der Waals surface area contributed by atoms with Crippen LogP contribution in [-0.2, 0) is 0 Å². The van der Waals surface area contributed by atoms with E-state index in [4.69, 9.17) is 6.85 Å². The highest BCUT2D eigenvalue weighted by Crippen LogP contribution is 2.05. The van der Waals surface area contributed by atoms with E-state index in [9.17, 15) is 4.79 Å². The van der Waals surface area contributed by atoms with Gasteiger partial charge in [0.2, 0.25) is 0 Å². The highest BCUT2D eigenvalue weighted by atomic mass is 35.5. The molecule has 0 heterocycles. The molecule has 0 bridgehead atoms. The number of Topliss-reactive ketones (excluding diaryl/α,β-unsaturated/α-hetero) is 1. The summed E-state index contributed by atoms with van der Waals surface area (Å²) in [7, 11) is 1.60. The van der Waals surface area contributed by atoms with Crippen LogP contribution < -0.4 is 5.32 Å². The van der Waals surface area contributed by atoms with Crippen molar-refractivity contribution >= 4 is 18.2 Å². The summed E-state index contributed by atoms with van der Waals surface area (Å²) in [6, 6.07) is -2.89. The van der Waals surface area contributed by atoms with Crippen LogP contribution in [-0.4, -0.2) is 18.9 Å². The minimum Gasteiger partial charge on any atom is -0.310 e. The largest absolute Gasteiger partial charge is 0.310 e. The maximum Gasteiger partial charge on any atom is 0.179 e. The molecule has 0 spiro atoms. The molecule has 0 aromatic heterocycles. The number of hydrogen-bond donors (Lipinski definition) is 1. The van der Waals surface area contributed by atoms with E-state index in [1.165, 1.54) is 0 Å². The van der Waals surface area contributed by atoms with Crippen LogP contribution in [0.2, 0.25) is 0 Å². The van der Waals surface area contributed by atoms with Crippen LogP contribution in [0.25, 0.3) is 0 Å². The molecule has 2 nitrogen and oxygen atoms in total. The van der Waals surface area contributed by atoms with Gasteiger partial charge in [-0.2, -0.15) is 0 Å². The molecule has 3 heteroatoms. The van der Waals surface area contributed by atoms with E-state index >= 15 is 0 Å². The van der Waals surface area contributed by atoms with Crippen LogP contribution in [0.15, 0.2) is 30.2 Å². The molecule has 0 fully saturated rings. The number of nitrogens with one attached hydrogen (secondary N) is 1. The fourth-order valence-corrected chi connectivity index (χ4v) is 1.07.